The van der Waals surface area contributed by atoms with E-state index >= 15 is 0 Å². The molecule has 0 radical (unpaired) electrons. The van der Waals surface area contributed by atoms with Crippen molar-refractivity contribution in [1.29, 1.82) is 0 Å². The van der Waals surface area contributed by atoms with Crippen LogP contribution in [0, 0.1) is 0 Å². The molecule has 3 rings (SSSR count). The van der Waals surface area contributed by atoms with Crippen LogP contribution in [0.15, 0.2) is 30.3 Å². The van der Waals surface area contributed by atoms with Crippen LogP contribution < -0.4 is 20.1 Å². The Morgan fingerprint density at radius 1 is 1.14 bits per heavy atom. The molecule has 0 bridgehead atoms. The van der Waals surface area contributed by atoms with Gasteiger partial charge in [-0.25, -0.2) is 0 Å². The van der Waals surface area contributed by atoms with Crippen LogP contribution in [0.3, 0.4) is 0 Å². The minimum Gasteiger partial charge on any atom is -0.497 e. The third-order valence-electron chi connectivity index (χ3n) is 4.39. The molecule has 1 saturated heterocycles. The average molecular weight is 387 g/mol. The Balaban J connectivity index is 1.53. The number of carbonyl (C=O) groups is 1. The van der Waals surface area contributed by atoms with Crippen molar-refractivity contribution >= 4 is 17.4 Å². The smallest absolute Gasteiger partial charge is 0.276 e. The molecule has 150 valence electrons. The van der Waals surface area contributed by atoms with Crippen LogP contribution in [0.2, 0.25) is 0 Å². The lowest BCUT2D eigenvalue weighted by Gasteiger charge is -2.26. The molecule has 2 heterocycles. The number of rotatable bonds is 8. The predicted octanol–water partition coefficient (Wildman–Crippen LogP) is 1.49. The third-order valence-corrected chi connectivity index (χ3v) is 4.39. The van der Waals surface area contributed by atoms with Crippen molar-refractivity contribution in [3.05, 3.63) is 36.0 Å². The summed E-state index contributed by atoms with van der Waals surface area (Å²) >= 11 is 0. The Labute approximate surface area is 164 Å². The highest BCUT2D eigenvalue weighted by molar-refractivity contribution is 6.03. The van der Waals surface area contributed by atoms with E-state index in [1.54, 1.807) is 37.4 Å². The molecule has 0 atom stereocenters. The van der Waals surface area contributed by atoms with Gasteiger partial charge in [0.1, 0.15) is 17.3 Å². The molecule has 1 aromatic carbocycles. The summed E-state index contributed by atoms with van der Waals surface area (Å²) in [6.07, 6.45) is 0. The first-order valence-electron chi connectivity index (χ1n) is 9.10. The highest BCUT2D eigenvalue weighted by Gasteiger charge is 2.13. The van der Waals surface area contributed by atoms with E-state index in [2.05, 4.69) is 25.7 Å². The van der Waals surface area contributed by atoms with Gasteiger partial charge < -0.3 is 24.8 Å². The Kier molecular flexibility index (Phi) is 6.99. The summed E-state index contributed by atoms with van der Waals surface area (Å²) in [4.78, 5) is 14.8. The van der Waals surface area contributed by atoms with Gasteiger partial charge in [-0.3, -0.25) is 9.69 Å². The maximum Gasteiger partial charge on any atom is 0.276 e. The second-order valence-electron chi connectivity index (χ2n) is 6.20. The fourth-order valence-electron chi connectivity index (χ4n) is 2.80. The van der Waals surface area contributed by atoms with Crippen LogP contribution in [0.4, 0.5) is 11.5 Å². The summed E-state index contributed by atoms with van der Waals surface area (Å²) in [5.74, 6) is 1.41. The van der Waals surface area contributed by atoms with E-state index in [4.69, 9.17) is 14.2 Å². The molecular formula is C19H25N5O4. The topological polar surface area (TPSA) is 97.8 Å². The van der Waals surface area contributed by atoms with Gasteiger partial charge in [-0.1, -0.05) is 0 Å². The Hall–Kier alpha value is -2.91. The number of benzene rings is 1. The van der Waals surface area contributed by atoms with Gasteiger partial charge in [0.05, 0.1) is 33.1 Å². The quantitative estimate of drug-likeness (QED) is 0.703. The van der Waals surface area contributed by atoms with Gasteiger partial charge >= 0.3 is 0 Å². The number of methoxy groups -OCH3 is 2. The number of nitrogens with zero attached hydrogens (tertiary/aromatic N) is 3. The lowest BCUT2D eigenvalue weighted by Crippen LogP contribution is -2.39. The molecule has 28 heavy (non-hydrogen) atoms. The Morgan fingerprint density at radius 2 is 1.96 bits per heavy atom. The summed E-state index contributed by atoms with van der Waals surface area (Å²) in [7, 11) is 3.10. The number of ether oxygens (including phenoxy) is 3. The third kappa shape index (κ3) is 5.30. The van der Waals surface area contributed by atoms with E-state index < -0.39 is 0 Å². The summed E-state index contributed by atoms with van der Waals surface area (Å²) in [5, 5.41) is 14.1. The van der Waals surface area contributed by atoms with Gasteiger partial charge in [0.15, 0.2) is 5.69 Å². The molecule has 9 heteroatoms. The number of anilines is 2. The SMILES string of the molecule is COc1ccc(NC(=O)c2ccc(NCCN3CCOCC3)nn2)c(OC)c1. The first-order chi connectivity index (χ1) is 13.7. The van der Waals surface area contributed by atoms with Crippen molar-refractivity contribution < 1.29 is 19.0 Å². The van der Waals surface area contributed by atoms with E-state index in [0.717, 1.165) is 39.4 Å². The van der Waals surface area contributed by atoms with Crippen LogP contribution in [-0.4, -0.2) is 74.6 Å². The van der Waals surface area contributed by atoms with Crippen molar-refractivity contribution in [1.82, 2.24) is 15.1 Å². The maximum atomic E-state index is 12.4. The van der Waals surface area contributed by atoms with Crippen LogP contribution >= 0.6 is 0 Å². The molecule has 1 aliphatic heterocycles. The zero-order chi connectivity index (χ0) is 19.8. The van der Waals surface area contributed by atoms with E-state index in [9.17, 15) is 4.79 Å². The summed E-state index contributed by atoms with van der Waals surface area (Å²) in [5.41, 5.74) is 0.749. The zero-order valence-corrected chi connectivity index (χ0v) is 16.1. The second kappa shape index (κ2) is 9.86. The number of amides is 1. The number of hydrogen-bond acceptors (Lipinski definition) is 8. The van der Waals surface area contributed by atoms with E-state index in [1.165, 1.54) is 7.11 Å². The second-order valence-corrected chi connectivity index (χ2v) is 6.20. The van der Waals surface area contributed by atoms with Crippen LogP contribution in [0.5, 0.6) is 11.5 Å². The summed E-state index contributed by atoms with van der Waals surface area (Å²) < 4.78 is 15.8. The van der Waals surface area contributed by atoms with Gasteiger partial charge in [0.2, 0.25) is 0 Å². The Bertz CT molecular complexity index is 778. The first kappa shape index (κ1) is 19.8. The summed E-state index contributed by atoms with van der Waals surface area (Å²) in [6.45, 7) is 5.11. The average Bonchev–Trinajstić information content (AvgIpc) is 2.75. The van der Waals surface area contributed by atoms with Gasteiger partial charge in [-0.2, -0.15) is 0 Å². The number of aromatic nitrogens is 2. The Morgan fingerprint density at radius 3 is 2.64 bits per heavy atom. The van der Waals surface area contributed by atoms with Gasteiger partial charge in [-0.05, 0) is 24.3 Å². The molecule has 1 aliphatic rings. The first-order valence-corrected chi connectivity index (χ1v) is 9.10. The lowest BCUT2D eigenvalue weighted by molar-refractivity contribution is 0.0398. The van der Waals surface area contributed by atoms with E-state index in [1.807, 2.05) is 0 Å². The summed E-state index contributed by atoms with van der Waals surface area (Å²) in [6, 6.07) is 8.53. The molecular weight excluding hydrogens is 362 g/mol. The highest BCUT2D eigenvalue weighted by Crippen LogP contribution is 2.29. The molecule has 2 N–H and O–H groups in total. The van der Waals surface area contributed by atoms with Crippen LogP contribution in [-0.2, 0) is 4.74 Å². The standard InChI is InChI=1S/C19H25N5O4/c1-26-14-3-4-15(17(13-14)27-2)21-19(25)16-5-6-18(23-22-16)20-7-8-24-9-11-28-12-10-24/h3-6,13H,7-12H2,1-2H3,(H,20,23)(H,21,25). The molecule has 0 spiro atoms. The molecule has 1 aromatic heterocycles. The lowest BCUT2D eigenvalue weighted by atomic mass is 10.2. The van der Waals surface area contributed by atoms with Gasteiger partial charge in [0.25, 0.3) is 5.91 Å². The molecule has 1 amide bonds. The molecule has 1 fully saturated rings. The predicted molar refractivity (Wildman–Crippen MR) is 105 cm³/mol. The fraction of sp³-hybridized carbons (Fsp3) is 0.421. The monoisotopic (exact) mass is 387 g/mol. The highest BCUT2D eigenvalue weighted by atomic mass is 16.5. The van der Waals surface area contributed by atoms with E-state index in [-0.39, 0.29) is 11.6 Å². The van der Waals surface area contributed by atoms with Crippen molar-refractivity contribution in [2.45, 2.75) is 0 Å². The molecule has 0 aliphatic carbocycles. The van der Waals surface area contributed by atoms with Crippen molar-refractivity contribution in [2.75, 3.05) is 64.2 Å². The van der Waals surface area contributed by atoms with Gasteiger partial charge in [0, 0.05) is 32.2 Å². The fourth-order valence-corrected chi connectivity index (χ4v) is 2.80. The minimum atomic E-state index is -0.365. The molecule has 0 saturated carbocycles. The largest absolute Gasteiger partial charge is 0.497 e. The van der Waals surface area contributed by atoms with Crippen molar-refractivity contribution in [2.24, 2.45) is 0 Å². The minimum absolute atomic E-state index is 0.219. The number of hydrogen-bond donors (Lipinski definition) is 2. The van der Waals surface area contributed by atoms with Crippen molar-refractivity contribution in [3.8, 4) is 11.5 Å². The zero-order valence-electron chi connectivity index (χ0n) is 16.1. The number of morpholine rings is 1. The molecule has 9 nitrogen and oxygen atoms in total. The number of nitrogens with one attached hydrogen (secondary N) is 2. The molecule has 0 unspecified atom stereocenters. The van der Waals surface area contributed by atoms with Crippen molar-refractivity contribution in [3.63, 3.8) is 0 Å². The van der Waals surface area contributed by atoms with Crippen LogP contribution in [0.25, 0.3) is 0 Å². The van der Waals surface area contributed by atoms with Gasteiger partial charge in [-0.15, -0.1) is 10.2 Å². The maximum absolute atomic E-state index is 12.4. The normalized spacial score (nSPS) is 14.4. The van der Waals surface area contributed by atoms with Crippen LogP contribution in [0.1, 0.15) is 10.5 Å². The molecule has 2 aromatic rings. The number of carbonyl (C=O) groups excluding carboxylic acids is 1. The van der Waals surface area contributed by atoms with E-state index in [0.29, 0.717) is 23.0 Å².